The van der Waals surface area contributed by atoms with Crippen LogP contribution >= 0.6 is 0 Å². The molecule has 0 atom stereocenters. The van der Waals surface area contributed by atoms with Crippen LogP contribution in [-0.2, 0) is 19.8 Å². The van der Waals surface area contributed by atoms with Gasteiger partial charge >= 0.3 is 6.18 Å². The lowest BCUT2D eigenvalue weighted by Crippen LogP contribution is -2.26. The number of carbonyl (C=O) groups excluding carboxylic acids is 1. The van der Waals surface area contributed by atoms with Gasteiger partial charge in [-0.2, -0.15) is 23.4 Å². The Kier molecular flexibility index (Phi) is 5.23. The van der Waals surface area contributed by atoms with Gasteiger partial charge in [0.25, 0.3) is 5.91 Å². The largest absolute Gasteiger partial charge is 0.433 e. The number of nitrogens with zero attached hydrogens (tertiary/aromatic N) is 6. The summed E-state index contributed by atoms with van der Waals surface area (Å²) in [6, 6.07) is 7.93. The average Bonchev–Trinajstić information content (AvgIpc) is 3.28. The fourth-order valence-corrected chi connectivity index (χ4v) is 3.52. The second kappa shape index (κ2) is 7.77. The van der Waals surface area contributed by atoms with Crippen LogP contribution in [0.3, 0.4) is 0 Å². The Morgan fingerprint density at radius 2 is 1.84 bits per heavy atom. The summed E-state index contributed by atoms with van der Waals surface area (Å²) in [5, 5.41) is 8.09. The maximum Gasteiger partial charge on any atom is 0.433 e. The number of amides is 1. The van der Waals surface area contributed by atoms with Crippen molar-refractivity contribution in [2.24, 2.45) is 7.05 Å². The van der Waals surface area contributed by atoms with Crippen LogP contribution in [-0.4, -0.2) is 42.2 Å². The molecule has 0 saturated heterocycles. The molecule has 3 aromatic heterocycles. The molecule has 0 unspecified atom stereocenters. The lowest BCUT2D eigenvalue weighted by Gasteiger charge is -2.16. The summed E-state index contributed by atoms with van der Waals surface area (Å²) in [4.78, 5) is 18.9. The molecule has 4 rings (SSSR count). The van der Waals surface area contributed by atoms with E-state index in [-0.39, 0.29) is 23.4 Å². The highest BCUT2D eigenvalue weighted by atomic mass is 19.4. The number of aromatic nitrogens is 5. The van der Waals surface area contributed by atoms with Gasteiger partial charge in [0.1, 0.15) is 5.56 Å². The van der Waals surface area contributed by atoms with Gasteiger partial charge in [-0.1, -0.05) is 29.8 Å². The molecule has 0 aliphatic carbocycles. The molecular weight excluding hydrogens is 421 g/mol. The first-order valence-electron chi connectivity index (χ1n) is 9.82. The van der Waals surface area contributed by atoms with E-state index in [1.807, 2.05) is 13.8 Å². The predicted molar refractivity (Wildman–Crippen MR) is 112 cm³/mol. The molecule has 3 heterocycles. The van der Waals surface area contributed by atoms with Crippen molar-refractivity contribution in [2.75, 3.05) is 7.05 Å². The van der Waals surface area contributed by atoms with E-state index in [1.165, 1.54) is 4.90 Å². The minimum Gasteiger partial charge on any atom is -0.337 e. The van der Waals surface area contributed by atoms with E-state index in [0.717, 1.165) is 29.1 Å². The van der Waals surface area contributed by atoms with Crippen LogP contribution in [0.4, 0.5) is 13.2 Å². The molecule has 0 spiro atoms. The van der Waals surface area contributed by atoms with Crippen LogP contribution in [0, 0.1) is 13.8 Å². The molecule has 0 radical (unpaired) electrons. The van der Waals surface area contributed by atoms with Gasteiger partial charge in [0.15, 0.2) is 11.3 Å². The SMILES string of the molecule is Cc1ccc(-c2cc(C(F)(F)F)n3ncc(C(=O)N(C)Cc4cn(C)nc4C)c3n2)cc1. The summed E-state index contributed by atoms with van der Waals surface area (Å²) < 4.78 is 43.7. The summed E-state index contributed by atoms with van der Waals surface area (Å²) >= 11 is 0. The monoisotopic (exact) mass is 442 g/mol. The molecule has 1 aromatic carbocycles. The van der Waals surface area contributed by atoms with Crippen molar-refractivity contribution in [3.8, 4) is 11.3 Å². The van der Waals surface area contributed by atoms with Crippen molar-refractivity contribution < 1.29 is 18.0 Å². The molecular formula is C22H21F3N6O. The Bertz CT molecular complexity index is 1300. The van der Waals surface area contributed by atoms with Gasteiger partial charge in [-0.15, -0.1) is 0 Å². The second-order valence-electron chi connectivity index (χ2n) is 7.76. The van der Waals surface area contributed by atoms with Crippen molar-refractivity contribution in [3.05, 3.63) is 70.8 Å². The number of benzene rings is 1. The number of fused-ring (bicyclic) bond motifs is 1. The third kappa shape index (κ3) is 3.95. The average molecular weight is 442 g/mol. The van der Waals surface area contributed by atoms with E-state index in [1.54, 1.807) is 49.2 Å². The summed E-state index contributed by atoms with van der Waals surface area (Å²) in [5.74, 6) is -0.482. The third-order valence-corrected chi connectivity index (χ3v) is 5.21. The minimum absolute atomic E-state index is 0.00601. The van der Waals surface area contributed by atoms with Crippen LogP contribution in [0.5, 0.6) is 0 Å². The van der Waals surface area contributed by atoms with Crippen LogP contribution in [0.15, 0.2) is 42.7 Å². The molecule has 0 N–H and O–H groups in total. The van der Waals surface area contributed by atoms with E-state index in [0.29, 0.717) is 10.1 Å². The molecule has 0 bridgehead atoms. The Hall–Kier alpha value is -3.69. The summed E-state index contributed by atoms with van der Waals surface area (Å²) in [6.07, 6.45) is -1.75. The van der Waals surface area contributed by atoms with Crippen molar-refractivity contribution in [1.29, 1.82) is 0 Å². The van der Waals surface area contributed by atoms with Crippen molar-refractivity contribution in [3.63, 3.8) is 0 Å². The molecule has 10 heteroatoms. The fraction of sp³-hybridized carbons (Fsp3) is 0.273. The van der Waals surface area contributed by atoms with Crippen LogP contribution in [0.2, 0.25) is 0 Å². The summed E-state index contributed by atoms with van der Waals surface area (Å²) in [5.41, 5.74) is 2.06. The molecule has 1 amide bonds. The molecule has 7 nitrogen and oxygen atoms in total. The van der Waals surface area contributed by atoms with Gasteiger partial charge in [-0.05, 0) is 19.9 Å². The van der Waals surface area contributed by atoms with Gasteiger partial charge in [0, 0.05) is 38.0 Å². The molecule has 32 heavy (non-hydrogen) atoms. The van der Waals surface area contributed by atoms with Crippen molar-refractivity contribution in [2.45, 2.75) is 26.6 Å². The van der Waals surface area contributed by atoms with Gasteiger partial charge in [-0.3, -0.25) is 9.48 Å². The quantitative estimate of drug-likeness (QED) is 0.479. The Morgan fingerprint density at radius 3 is 2.44 bits per heavy atom. The molecule has 0 saturated carbocycles. The van der Waals surface area contributed by atoms with Crippen LogP contribution < -0.4 is 0 Å². The Morgan fingerprint density at radius 1 is 1.16 bits per heavy atom. The van der Waals surface area contributed by atoms with Gasteiger partial charge < -0.3 is 4.90 Å². The minimum atomic E-state index is -4.67. The summed E-state index contributed by atoms with van der Waals surface area (Å²) in [7, 11) is 3.35. The van der Waals surface area contributed by atoms with E-state index in [9.17, 15) is 18.0 Å². The highest BCUT2D eigenvalue weighted by molar-refractivity contribution is 5.99. The lowest BCUT2D eigenvalue weighted by atomic mass is 10.1. The number of aryl methyl sites for hydroxylation is 3. The molecule has 0 aliphatic heterocycles. The lowest BCUT2D eigenvalue weighted by molar-refractivity contribution is -0.142. The number of halogens is 3. The van der Waals surface area contributed by atoms with Crippen molar-refractivity contribution >= 4 is 11.6 Å². The van der Waals surface area contributed by atoms with Crippen LogP contribution in [0.1, 0.15) is 32.9 Å². The van der Waals surface area contributed by atoms with Crippen molar-refractivity contribution in [1.82, 2.24) is 29.3 Å². The Labute approximate surface area is 182 Å². The zero-order chi connectivity index (χ0) is 23.2. The Balaban J connectivity index is 1.79. The molecule has 0 fully saturated rings. The first-order valence-corrected chi connectivity index (χ1v) is 9.82. The van der Waals surface area contributed by atoms with E-state index >= 15 is 0 Å². The van der Waals surface area contributed by atoms with E-state index in [4.69, 9.17) is 0 Å². The first kappa shape index (κ1) is 21.5. The van der Waals surface area contributed by atoms with Gasteiger partial charge in [-0.25, -0.2) is 9.50 Å². The number of carbonyl (C=O) groups is 1. The van der Waals surface area contributed by atoms with Crippen LogP contribution in [0.25, 0.3) is 16.9 Å². The van der Waals surface area contributed by atoms with Gasteiger partial charge in [0.2, 0.25) is 0 Å². The number of alkyl halides is 3. The predicted octanol–water partition coefficient (Wildman–Crippen LogP) is 4.04. The summed E-state index contributed by atoms with van der Waals surface area (Å²) in [6.45, 7) is 3.96. The van der Waals surface area contributed by atoms with Gasteiger partial charge in [0.05, 0.1) is 17.6 Å². The zero-order valence-electron chi connectivity index (χ0n) is 18.0. The molecule has 4 aromatic rings. The standard InChI is InChI=1S/C22H21F3N6O/c1-13-5-7-15(8-6-13)18-9-19(22(23,24)25)31-20(27-18)17(10-26-31)21(32)29(3)11-16-12-30(4)28-14(16)2/h5-10,12H,11H2,1-4H3. The smallest absolute Gasteiger partial charge is 0.337 e. The first-order chi connectivity index (χ1) is 15.0. The highest BCUT2D eigenvalue weighted by Crippen LogP contribution is 2.33. The maximum absolute atomic E-state index is 13.8. The third-order valence-electron chi connectivity index (χ3n) is 5.21. The number of hydrogen-bond donors (Lipinski definition) is 0. The molecule has 166 valence electrons. The second-order valence-corrected chi connectivity index (χ2v) is 7.76. The van der Waals surface area contributed by atoms with E-state index in [2.05, 4.69) is 15.2 Å². The molecule has 0 aliphatic rings. The number of hydrogen-bond acceptors (Lipinski definition) is 4. The topological polar surface area (TPSA) is 68.3 Å². The normalized spacial score (nSPS) is 11.8. The zero-order valence-corrected chi connectivity index (χ0v) is 18.0. The fourth-order valence-electron chi connectivity index (χ4n) is 3.52. The highest BCUT2D eigenvalue weighted by Gasteiger charge is 2.36. The van der Waals surface area contributed by atoms with E-state index < -0.39 is 17.8 Å². The number of rotatable bonds is 4. The maximum atomic E-state index is 13.8.